The molecule has 0 saturated heterocycles. The second kappa shape index (κ2) is 3.53. The van der Waals surface area contributed by atoms with Gasteiger partial charge in [-0.25, -0.2) is 0 Å². The van der Waals surface area contributed by atoms with Crippen LogP contribution in [0.15, 0.2) is 17.2 Å². The molecule has 0 spiro atoms. The Morgan fingerprint density at radius 3 is 3.15 bits per heavy atom. The number of nitrogens with zero attached hydrogens (tertiary/aromatic N) is 5. The summed E-state index contributed by atoms with van der Waals surface area (Å²) in [4.78, 5) is 3.87. The molecule has 0 fully saturated rings. The average Bonchev–Trinajstić information content (AvgIpc) is 2.76. The molecule has 0 atom stereocenters. The average molecular weight is 200 g/mol. The van der Waals surface area contributed by atoms with Crippen molar-refractivity contribution in [1.29, 1.82) is 0 Å². The highest BCUT2D eigenvalue weighted by atomic mass is 35.5. The molecule has 0 bridgehead atoms. The molecule has 68 valence electrons. The van der Waals surface area contributed by atoms with Crippen molar-refractivity contribution in [3.63, 3.8) is 0 Å². The lowest BCUT2D eigenvalue weighted by atomic mass is 10.5. The number of aromatic nitrogens is 5. The van der Waals surface area contributed by atoms with Gasteiger partial charge in [-0.05, 0) is 0 Å². The van der Waals surface area contributed by atoms with Crippen LogP contribution in [0.2, 0.25) is 0 Å². The third kappa shape index (κ3) is 1.67. The molecule has 0 radical (unpaired) electrons. The second-order valence-corrected chi connectivity index (χ2v) is 2.62. The smallest absolute Gasteiger partial charge is 0.213 e. The van der Waals surface area contributed by atoms with Crippen molar-refractivity contribution in [3.05, 3.63) is 24.4 Å². The third-order valence-electron chi connectivity index (χ3n) is 1.53. The van der Waals surface area contributed by atoms with Crippen molar-refractivity contribution in [1.82, 2.24) is 24.9 Å². The summed E-state index contributed by atoms with van der Waals surface area (Å²) in [6.45, 7) is 0.478. The molecule has 2 heterocycles. The number of halogens is 1. The first kappa shape index (κ1) is 8.18. The number of hydrogen-bond donors (Lipinski definition) is 0. The molecule has 0 aromatic carbocycles. The molecule has 0 N–H and O–H groups in total. The summed E-state index contributed by atoms with van der Waals surface area (Å²) in [7, 11) is 0. The molecule has 6 nitrogen and oxygen atoms in total. The van der Waals surface area contributed by atoms with Gasteiger partial charge in [-0.15, -0.1) is 21.8 Å². The summed E-state index contributed by atoms with van der Waals surface area (Å²) in [6.07, 6.45) is 2.86. The van der Waals surface area contributed by atoms with Crippen molar-refractivity contribution in [2.45, 2.75) is 12.4 Å². The first-order valence-corrected chi connectivity index (χ1v) is 4.11. The monoisotopic (exact) mass is 199 g/mol. The van der Waals surface area contributed by atoms with E-state index in [0.717, 1.165) is 0 Å². The number of rotatable bonds is 3. The van der Waals surface area contributed by atoms with Crippen molar-refractivity contribution < 1.29 is 4.52 Å². The van der Waals surface area contributed by atoms with Gasteiger partial charge in [-0.1, -0.05) is 5.16 Å². The molecule has 2 rings (SSSR count). The fourth-order valence-electron chi connectivity index (χ4n) is 0.929. The lowest BCUT2D eigenvalue weighted by Gasteiger charge is -1.98. The van der Waals surface area contributed by atoms with E-state index in [1.165, 1.54) is 6.39 Å². The Balaban J connectivity index is 2.18. The van der Waals surface area contributed by atoms with E-state index < -0.39 is 0 Å². The minimum atomic E-state index is 0.317. The Morgan fingerprint density at radius 2 is 2.46 bits per heavy atom. The van der Waals surface area contributed by atoms with Crippen LogP contribution in [-0.2, 0) is 12.4 Å². The van der Waals surface area contributed by atoms with E-state index in [4.69, 9.17) is 11.6 Å². The predicted molar refractivity (Wildman–Crippen MR) is 43.0 cm³/mol. The fourth-order valence-corrected chi connectivity index (χ4v) is 1.14. The highest BCUT2D eigenvalue weighted by molar-refractivity contribution is 6.16. The minimum Gasteiger partial charge on any atom is -0.343 e. The lowest BCUT2D eigenvalue weighted by molar-refractivity contribution is 0.408. The molecule has 2 aromatic heterocycles. The van der Waals surface area contributed by atoms with Gasteiger partial charge < -0.3 is 9.09 Å². The zero-order valence-electron chi connectivity index (χ0n) is 6.59. The van der Waals surface area contributed by atoms with Crippen LogP contribution in [0.5, 0.6) is 0 Å². The summed E-state index contributed by atoms with van der Waals surface area (Å²) in [6, 6.07) is 0. The van der Waals surface area contributed by atoms with Gasteiger partial charge in [0, 0.05) is 0 Å². The predicted octanol–water partition coefficient (Wildman–Crippen LogP) is 0.448. The summed E-state index contributed by atoms with van der Waals surface area (Å²) in [5.41, 5.74) is 0. The molecule has 7 heteroatoms. The lowest BCUT2D eigenvalue weighted by Crippen LogP contribution is -2.03. The van der Waals surface area contributed by atoms with Crippen molar-refractivity contribution in [2.75, 3.05) is 0 Å². The van der Waals surface area contributed by atoms with E-state index in [1.54, 1.807) is 10.9 Å². The van der Waals surface area contributed by atoms with Crippen molar-refractivity contribution >= 4 is 11.6 Å². The van der Waals surface area contributed by atoms with Gasteiger partial charge in [-0.3, -0.25) is 0 Å². The minimum absolute atomic E-state index is 0.317. The van der Waals surface area contributed by atoms with Gasteiger partial charge in [0.2, 0.25) is 6.39 Å². The Labute approximate surface area is 78.5 Å². The van der Waals surface area contributed by atoms with Gasteiger partial charge in [0.05, 0.1) is 12.4 Å². The van der Waals surface area contributed by atoms with Gasteiger partial charge >= 0.3 is 0 Å². The van der Waals surface area contributed by atoms with Crippen LogP contribution >= 0.6 is 11.6 Å². The van der Waals surface area contributed by atoms with Crippen LogP contribution in [-0.4, -0.2) is 24.9 Å². The van der Waals surface area contributed by atoms with Crippen LogP contribution in [0.1, 0.15) is 11.6 Å². The van der Waals surface area contributed by atoms with E-state index in [9.17, 15) is 0 Å². The molecule has 0 aliphatic rings. The molecule has 0 unspecified atom stereocenters. The maximum absolute atomic E-state index is 5.63. The zero-order valence-corrected chi connectivity index (χ0v) is 7.35. The standard InChI is InChI=1S/C6H6ClN5O/c7-1-6-10-9-3-12(6)2-5-8-4-13-11-5/h3-4H,1-2H2. The molecule has 0 aliphatic carbocycles. The van der Waals surface area contributed by atoms with Crippen LogP contribution in [0.25, 0.3) is 0 Å². The maximum atomic E-state index is 5.63. The van der Waals surface area contributed by atoms with Crippen LogP contribution in [0, 0.1) is 0 Å². The first-order chi connectivity index (χ1) is 6.40. The summed E-state index contributed by atoms with van der Waals surface area (Å²) >= 11 is 5.63. The fraction of sp³-hybridized carbons (Fsp3) is 0.333. The molecule has 0 amide bonds. The number of alkyl halides is 1. The SMILES string of the molecule is ClCc1nncn1Cc1ncon1. The summed E-state index contributed by atoms with van der Waals surface area (Å²) in [5, 5.41) is 11.2. The Morgan fingerprint density at radius 1 is 1.54 bits per heavy atom. The van der Waals surface area contributed by atoms with Gasteiger partial charge in [0.15, 0.2) is 5.82 Å². The van der Waals surface area contributed by atoms with E-state index >= 15 is 0 Å². The molecule has 13 heavy (non-hydrogen) atoms. The van der Waals surface area contributed by atoms with Crippen molar-refractivity contribution in [2.24, 2.45) is 0 Å². The molecular weight excluding hydrogens is 194 g/mol. The Hall–Kier alpha value is -1.43. The third-order valence-corrected chi connectivity index (χ3v) is 1.77. The van der Waals surface area contributed by atoms with E-state index in [-0.39, 0.29) is 0 Å². The van der Waals surface area contributed by atoms with Crippen LogP contribution in [0.3, 0.4) is 0 Å². The van der Waals surface area contributed by atoms with Gasteiger partial charge in [-0.2, -0.15) is 4.98 Å². The number of hydrogen-bond acceptors (Lipinski definition) is 5. The molecule has 2 aromatic rings. The maximum Gasteiger partial charge on any atom is 0.213 e. The second-order valence-electron chi connectivity index (χ2n) is 2.36. The van der Waals surface area contributed by atoms with E-state index in [0.29, 0.717) is 24.1 Å². The van der Waals surface area contributed by atoms with Crippen molar-refractivity contribution in [3.8, 4) is 0 Å². The molecule has 0 saturated carbocycles. The topological polar surface area (TPSA) is 69.6 Å². The summed E-state index contributed by atoms with van der Waals surface area (Å²) in [5.74, 6) is 1.58. The van der Waals surface area contributed by atoms with Crippen LogP contribution in [0.4, 0.5) is 0 Å². The van der Waals surface area contributed by atoms with Gasteiger partial charge in [0.1, 0.15) is 12.2 Å². The van der Waals surface area contributed by atoms with E-state index in [1.807, 2.05) is 0 Å². The highest BCUT2D eigenvalue weighted by Gasteiger charge is 2.05. The molecular formula is C6H6ClN5O. The highest BCUT2D eigenvalue weighted by Crippen LogP contribution is 2.01. The van der Waals surface area contributed by atoms with E-state index in [2.05, 4.69) is 24.9 Å². The Bertz CT molecular complexity index is 370. The summed E-state index contributed by atoms with van der Waals surface area (Å²) < 4.78 is 6.35. The van der Waals surface area contributed by atoms with Gasteiger partial charge in [0.25, 0.3) is 0 Å². The largest absolute Gasteiger partial charge is 0.343 e. The quantitative estimate of drug-likeness (QED) is 0.672. The Kier molecular flexibility index (Phi) is 2.22. The van der Waals surface area contributed by atoms with Crippen LogP contribution < -0.4 is 0 Å². The normalized spacial score (nSPS) is 10.5. The first-order valence-electron chi connectivity index (χ1n) is 3.58. The zero-order chi connectivity index (χ0) is 9.10. The molecule has 0 aliphatic heterocycles.